The Hall–Kier alpha value is -2.70. The lowest BCUT2D eigenvalue weighted by molar-refractivity contribution is -0.274. The van der Waals surface area contributed by atoms with Gasteiger partial charge in [0.25, 0.3) is 0 Å². The van der Waals surface area contributed by atoms with Crippen molar-refractivity contribution in [2.24, 2.45) is 0 Å². The second kappa shape index (κ2) is 7.90. The summed E-state index contributed by atoms with van der Waals surface area (Å²) in [4.78, 5) is 14.3. The topological polar surface area (TPSA) is 41.6 Å². The minimum Gasteiger partial charge on any atom is -0.406 e. The third kappa shape index (κ3) is 4.93. The molecule has 0 saturated heterocycles. The molecule has 144 valence electrons. The van der Waals surface area contributed by atoms with Crippen LogP contribution in [0.1, 0.15) is 30.0 Å². The second-order valence-electron chi connectivity index (χ2n) is 6.54. The van der Waals surface area contributed by atoms with Crippen LogP contribution >= 0.6 is 0 Å². The fourth-order valence-corrected chi connectivity index (χ4v) is 3.38. The van der Waals surface area contributed by atoms with Crippen LogP contribution in [0, 0.1) is 0 Å². The second-order valence-corrected chi connectivity index (χ2v) is 6.54. The first-order valence-electron chi connectivity index (χ1n) is 8.76. The molecule has 1 amide bonds. The van der Waals surface area contributed by atoms with Crippen molar-refractivity contribution in [3.05, 3.63) is 59.7 Å². The molecule has 0 aliphatic heterocycles. The van der Waals surface area contributed by atoms with E-state index in [0.717, 1.165) is 19.3 Å². The van der Waals surface area contributed by atoms with E-state index in [1.807, 2.05) is 12.1 Å². The summed E-state index contributed by atoms with van der Waals surface area (Å²) in [6, 6.07) is 13.5. The maximum Gasteiger partial charge on any atom is 0.573 e. The number of likely N-dealkylation sites (N-methyl/N-ethyl adjacent to an activating group) is 1. The molecule has 0 radical (unpaired) electrons. The van der Waals surface area contributed by atoms with Gasteiger partial charge in [-0.3, -0.25) is 4.79 Å². The summed E-state index contributed by atoms with van der Waals surface area (Å²) < 4.78 is 40.4. The molecule has 1 aliphatic carbocycles. The lowest BCUT2D eigenvalue weighted by atomic mass is 9.87. The number of carbonyl (C=O) groups excluding carboxylic acids is 1. The largest absolute Gasteiger partial charge is 0.573 e. The number of anilines is 1. The Balaban J connectivity index is 1.58. The average Bonchev–Trinajstić information content (AvgIpc) is 2.65. The highest BCUT2D eigenvalue weighted by molar-refractivity contribution is 5.81. The van der Waals surface area contributed by atoms with E-state index in [1.165, 1.54) is 35.4 Å². The number of rotatable bonds is 5. The number of ether oxygens (including phenoxy) is 1. The van der Waals surface area contributed by atoms with E-state index < -0.39 is 6.36 Å². The highest BCUT2D eigenvalue weighted by atomic mass is 19.4. The number of aryl methyl sites for hydroxylation is 1. The summed E-state index contributed by atoms with van der Waals surface area (Å²) in [6.45, 7) is 0.0641. The van der Waals surface area contributed by atoms with Gasteiger partial charge in [0.1, 0.15) is 5.75 Å². The van der Waals surface area contributed by atoms with Crippen LogP contribution in [0.4, 0.5) is 18.9 Å². The molecule has 27 heavy (non-hydrogen) atoms. The maximum absolute atomic E-state index is 12.6. The normalized spacial score (nSPS) is 16.4. The molecule has 2 aromatic carbocycles. The molecule has 7 heteroatoms. The van der Waals surface area contributed by atoms with Gasteiger partial charge in [0, 0.05) is 12.7 Å². The Morgan fingerprint density at radius 3 is 2.59 bits per heavy atom. The van der Waals surface area contributed by atoms with Crippen LogP contribution in [0.15, 0.2) is 48.5 Å². The first-order valence-corrected chi connectivity index (χ1v) is 8.76. The molecule has 4 nitrogen and oxygen atoms in total. The summed E-state index contributed by atoms with van der Waals surface area (Å²) in [5, 5.41) is 2.95. The number of halogens is 3. The van der Waals surface area contributed by atoms with E-state index in [-0.39, 0.29) is 24.2 Å². The Morgan fingerprint density at radius 2 is 1.89 bits per heavy atom. The summed E-state index contributed by atoms with van der Waals surface area (Å²) in [6.07, 6.45) is -1.74. The molecule has 1 atom stereocenters. The van der Waals surface area contributed by atoms with Crippen LogP contribution in [0.3, 0.4) is 0 Å². The molecule has 3 rings (SSSR count). The van der Waals surface area contributed by atoms with Crippen molar-refractivity contribution in [1.82, 2.24) is 4.90 Å². The molecule has 0 spiro atoms. The van der Waals surface area contributed by atoms with Gasteiger partial charge >= 0.3 is 6.36 Å². The van der Waals surface area contributed by atoms with Gasteiger partial charge in [0.05, 0.1) is 12.6 Å². The predicted octanol–water partition coefficient (Wildman–Crippen LogP) is 4.53. The van der Waals surface area contributed by atoms with Crippen molar-refractivity contribution >= 4 is 11.6 Å². The van der Waals surface area contributed by atoms with E-state index in [4.69, 9.17) is 0 Å². The van der Waals surface area contributed by atoms with Crippen LogP contribution in [0.25, 0.3) is 0 Å². The van der Waals surface area contributed by atoms with Crippen LogP contribution in [0.2, 0.25) is 0 Å². The summed E-state index contributed by atoms with van der Waals surface area (Å²) in [7, 11) is 1.79. The smallest absolute Gasteiger partial charge is 0.406 e. The van der Waals surface area contributed by atoms with Crippen molar-refractivity contribution in [2.45, 2.75) is 31.7 Å². The predicted molar refractivity (Wildman–Crippen MR) is 96.5 cm³/mol. The highest BCUT2D eigenvalue weighted by Gasteiger charge is 2.31. The van der Waals surface area contributed by atoms with Crippen molar-refractivity contribution < 1.29 is 22.7 Å². The van der Waals surface area contributed by atoms with Crippen molar-refractivity contribution in [1.29, 1.82) is 0 Å². The van der Waals surface area contributed by atoms with E-state index in [2.05, 4.69) is 22.2 Å². The summed E-state index contributed by atoms with van der Waals surface area (Å²) >= 11 is 0. The monoisotopic (exact) mass is 378 g/mol. The number of hydrogen-bond acceptors (Lipinski definition) is 3. The standard InChI is InChI=1S/C20H21F3N2O2/c1-25(18-8-4-6-14-5-2-3-7-17(14)18)19(26)13-24-15-9-11-16(12-10-15)27-20(21,22)23/h2-3,5,7,9-12,18,24H,4,6,8,13H2,1H3. The molecule has 0 fully saturated rings. The lowest BCUT2D eigenvalue weighted by Gasteiger charge is -2.33. The Morgan fingerprint density at radius 1 is 1.19 bits per heavy atom. The molecule has 2 aromatic rings. The fourth-order valence-electron chi connectivity index (χ4n) is 3.38. The molecule has 0 bridgehead atoms. The Labute approximate surface area is 155 Å². The SMILES string of the molecule is CN(C(=O)CNc1ccc(OC(F)(F)F)cc1)C1CCCc2ccccc21. The quantitative estimate of drug-likeness (QED) is 0.831. The highest BCUT2D eigenvalue weighted by Crippen LogP contribution is 2.33. The molecule has 1 aliphatic rings. The van der Waals surface area contributed by atoms with Gasteiger partial charge in [0.15, 0.2) is 0 Å². The zero-order chi connectivity index (χ0) is 19.4. The molecule has 0 heterocycles. The third-order valence-electron chi connectivity index (χ3n) is 4.73. The first-order chi connectivity index (χ1) is 12.8. The molecule has 0 aromatic heterocycles. The van der Waals surface area contributed by atoms with Gasteiger partial charge in [-0.1, -0.05) is 24.3 Å². The van der Waals surface area contributed by atoms with Gasteiger partial charge in [-0.25, -0.2) is 0 Å². The number of amides is 1. The minimum absolute atomic E-state index is 0.0480. The fraction of sp³-hybridized carbons (Fsp3) is 0.350. The van der Waals surface area contributed by atoms with E-state index in [0.29, 0.717) is 5.69 Å². The molecular formula is C20H21F3N2O2. The number of carbonyl (C=O) groups is 1. The Bertz CT molecular complexity index is 791. The molecule has 1 N–H and O–H groups in total. The van der Waals surface area contributed by atoms with E-state index in [9.17, 15) is 18.0 Å². The number of fused-ring (bicyclic) bond motifs is 1. The van der Waals surface area contributed by atoms with Gasteiger partial charge in [-0.2, -0.15) is 0 Å². The molecule has 1 unspecified atom stereocenters. The van der Waals surface area contributed by atoms with Crippen molar-refractivity contribution in [3.8, 4) is 5.75 Å². The zero-order valence-electron chi connectivity index (χ0n) is 14.9. The number of hydrogen-bond donors (Lipinski definition) is 1. The number of nitrogens with zero attached hydrogens (tertiary/aromatic N) is 1. The van der Waals surface area contributed by atoms with E-state index in [1.54, 1.807) is 11.9 Å². The average molecular weight is 378 g/mol. The van der Waals surface area contributed by atoms with Crippen LogP contribution in [-0.4, -0.2) is 30.8 Å². The van der Waals surface area contributed by atoms with Gasteiger partial charge in [-0.15, -0.1) is 13.2 Å². The lowest BCUT2D eigenvalue weighted by Crippen LogP contribution is -2.36. The number of benzene rings is 2. The maximum atomic E-state index is 12.6. The zero-order valence-corrected chi connectivity index (χ0v) is 14.9. The van der Waals surface area contributed by atoms with Crippen molar-refractivity contribution in [3.63, 3.8) is 0 Å². The minimum atomic E-state index is -4.72. The third-order valence-corrected chi connectivity index (χ3v) is 4.73. The molecular weight excluding hydrogens is 357 g/mol. The number of alkyl halides is 3. The van der Waals surface area contributed by atoms with Crippen molar-refractivity contribution in [2.75, 3.05) is 18.9 Å². The van der Waals surface area contributed by atoms with Crippen LogP contribution < -0.4 is 10.1 Å². The summed E-state index contributed by atoms with van der Waals surface area (Å²) in [5.41, 5.74) is 3.02. The van der Waals surface area contributed by atoms with Crippen LogP contribution in [-0.2, 0) is 11.2 Å². The van der Waals surface area contributed by atoms with Gasteiger partial charge in [-0.05, 0) is 54.7 Å². The molecule has 0 saturated carbocycles. The van der Waals surface area contributed by atoms with Gasteiger partial charge < -0.3 is 15.0 Å². The Kier molecular flexibility index (Phi) is 5.58. The number of nitrogens with one attached hydrogen (secondary N) is 1. The van der Waals surface area contributed by atoms with Gasteiger partial charge in [0.2, 0.25) is 5.91 Å². The van der Waals surface area contributed by atoms with Crippen LogP contribution in [0.5, 0.6) is 5.75 Å². The summed E-state index contributed by atoms with van der Waals surface area (Å²) in [5.74, 6) is -0.373. The van der Waals surface area contributed by atoms with E-state index >= 15 is 0 Å². The first kappa shape index (κ1) is 19.1.